The van der Waals surface area contributed by atoms with Crippen LogP contribution in [-0.4, -0.2) is 28.6 Å². The first kappa shape index (κ1) is 15.7. The number of benzene rings is 2. The minimum atomic E-state index is -0.956. The average molecular weight is 310 g/mol. The molecule has 1 aliphatic rings. The summed E-state index contributed by atoms with van der Waals surface area (Å²) in [4.78, 5) is 13.3. The first-order valence-corrected chi connectivity index (χ1v) is 7.97. The van der Waals surface area contributed by atoms with Crippen LogP contribution in [0.25, 0.3) is 0 Å². The van der Waals surface area contributed by atoms with E-state index in [1.165, 1.54) is 16.7 Å². The topological polar surface area (TPSA) is 66.6 Å². The highest BCUT2D eigenvalue weighted by atomic mass is 16.4. The van der Waals surface area contributed by atoms with Crippen LogP contribution >= 0.6 is 0 Å². The van der Waals surface area contributed by atoms with Crippen LogP contribution in [0.2, 0.25) is 0 Å². The molecule has 3 rings (SSSR count). The Bertz CT molecular complexity index is 699. The summed E-state index contributed by atoms with van der Waals surface area (Å²) in [5.41, 5.74) is 10.7. The van der Waals surface area contributed by atoms with Gasteiger partial charge in [-0.05, 0) is 35.1 Å². The molecule has 1 atom stereocenters. The van der Waals surface area contributed by atoms with E-state index in [2.05, 4.69) is 41.3 Å². The van der Waals surface area contributed by atoms with Crippen molar-refractivity contribution in [2.45, 2.75) is 32.0 Å². The summed E-state index contributed by atoms with van der Waals surface area (Å²) in [5, 5.41) is 8.93. The molecule has 4 heteroatoms. The highest BCUT2D eigenvalue weighted by molar-refractivity contribution is 5.73. The molecular weight excluding hydrogens is 288 g/mol. The molecule has 0 spiro atoms. The summed E-state index contributed by atoms with van der Waals surface area (Å²) >= 11 is 0. The molecule has 1 heterocycles. The predicted molar refractivity (Wildman–Crippen MR) is 90.0 cm³/mol. The first-order chi connectivity index (χ1) is 11.1. The van der Waals surface area contributed by atoms with Crippen molar-refractivity contribution < 1.29 is 9.90 Å². The molecule has 0 saturated heterocycles. The zero-order chi connectivity index (χ0) is 16.2. The molecule has 2 aromatic carbocycles. The number of rotatable bonds is 5. The molecule has 1 unspecified atom stereocenters. The van der Waals surface area contributed by atoms with Crippen LogP contribution in [0, 0.1) is 0 Å². The van der Waals surface area contributed by atoms with Gasteiger partial charge in [0.15, 0.2) is 0 Å². The number of nitrogens with two attached hydrogens (primary N) is 1. The van der Waals surface area contributed by atoms with Crippen molar-refractivity contribution in [3.05, 3.63) is 70.8 Å². The summed E-state index contributed by atoms with van der Waals surface area (Å²) in [7, 11) is 0. The maximum atomic E-state index is 10.9. The fraction of sp³-hybridized carbons (Fsp3) is 0.316. The Balaban J connectivity index is 1.66. The normalized spacial score (nSPS) is 15.9. The lowest BCUT2D eigenvalue weighted by atomic mass is 9.99. The molecule has 0 amide bonds. The number of carboxylic acids is 1. The van der Waals surface area contributed by atoms with Crippen molar-refractivity contribution in [3.8, 4) is 0 Å². The van der Waals surface area contributed by atoms with E-state index in [1.807, 2.05) is 12.1 Å². The lowest BCUT2D eigenvalue weighted by Gasteiger charge is -2.28. The van der Waals surface area contributed by atoms with Gasteiger partial charge in [-0.15, -0.1) is 0 Å². The second-order valence-electron chi connectivity index (χ2n) is 6.20. The SMILES string of the molecule is NC(Cc1cccc(CN2CCc3ccccc3C2)c1)C(=O)O. The van der Waals surface area contributed by atoms with Gasteiger partial charge in [-0.3, -0.25) is 9.69 Å². The zero-order valence-corrected chi connectivity index (χ0v) is 13.1. The minimum Gasteiger partial charge on any atom is -0.480 e. The Morgan fingerprint density at radius 3 is 2.65 bits per heavy atom. The fourth-order valence-corrected chi connectivity index (χ4v) is 3.14. The summed E-state index contributed by atoms with van der Waals surface area (Å²) in [6, 6.07) is 15.9. The van der Waals surface area contributed by atoms with Crippen molar-refractivity contribution in [1.82, 2.24) is 4.90 Å². The van der Waals surface area contributed by atoms with E-state index in [-0.39, 0.29) is 0 Å². The largest absolute Gasteiger partial charge is 0.480 e. The van der Waals surface area contributed by atoms with Gasteiger partial charge < -0.3 is 10.8 Å². The average Bonchev–Trinajstić information content (AvgIpc) is 2.55. The fourth-order valence-electron chi connectivity index (χ4n) is 3.14. The quantitative estimate of drug-likeness (QED) is 0.888. The van der Waals surface area contributed by atoms with Crippen LogP contribution < -0.4 is 5.73 Å². The van der Waals surface area contributed by atoms with E-state index in [4.69, 9.17) is 10.8 Å². The number of carboxylic acid groups (broad SMARTS) is 1. The van der Waals surface area contributed by atoms with E-state index < -0.39 is 12.0 Å². The number of nitrogens with zero attached hydrogens (tertiary/aromatic N) is 1. The molecule has 3 N–H and O–H groups in total. The molecular formula is C19H22N2O2. The van der Waals surface area contributed by atoms with E-state index in [0.717, 1.165) is 31.6 Å². The Kier molecular flexibility index (Phi) is 4.74. The molecule has 0 fully saturated rings. The third-order valence-electron chi connectivity index (χ3n) is 4.38. The molecule has 23 heavy (non-hydrogen) atoms. The van der Waals surface area contributed by atoms with E-state index in [1.54, 1.807) is 0 Å². The Morgan fingerprint density at radius 2 is 1.87 bits per heavy atom. The van der Waals surface area contributed by atoms with Gasteiger partial charge in [-0.25, -0.2) is 0 Å². The van der Waals surface area contributed by atoms with Gasteiger partial charge in [0.05, 0.1) is 0 Å². The van der Waals surface area contributed by atoms with Gasteiger partial charge in [-0.2, -0.15) is 0 Å². The van der Waals surface area contributed by atoms with E-state index >= 15 is 0 Å². The van der Waals surface area contributed by atoms with Crippen molar-refractivity contribution in [2.24, 2.45) is 5.73 Å². The van der Waals surface area contributed by atoms with Crippen LogP contribution in [0.5, 0.6) is 0 Å². The number of carbonyl (C=O) groups is 1. The molecule has 120 valence electrons. The van der Waals surface area contributed by atoms with Crippen LogP contribution in [0.1, 0.15) is 22.3 Å². The highest BCUT2D eigenvalue weighted by Gasteiger charge is 2.16. The standard InChI is InChI=1S/C19H22N2O2/c20-18(19(22)23)11-14-4-3-5-15(10-14)12-21-9-8-16-6-1-2-7-17(16)13-21/h1-7,10,18H,8-9,11-13,20H2,(H,22,23). The van der Waals surface area contributed by atoms with E-state index in [0.29, 0.717) is 6.42 Å². The third-order valence-corrected chi connectivity index (χ3v) is 4.38. The van der Waals surface area contributed by atoms with Gasteiger partial charge in [0.1, 0.15) is 6.04 Å². The molecule has 2 aromatic rings. The summed E-state index contributed by atoms with van der Waals surface area (Å²) < 4.78 is 0. The minimum absolute atomic E-state index is 0.367. The maximum absolute atomic E-state index is 10.9. The molecule has 0 radical (unpaired) electrons. The van der Waals surface area contributed by atoms with Gasteiger partial charge in [-0.1, -0.05) is 48.5 Å². The summed E-state index contributed by atoms with van der Waals surface area (Å²) in [6.07, 6.45) is 1.45. The van der Waals surface area contributed by atoms with Crippen LogP contribution in [0.4, 0.5) is 0 Å². The number of aliphatic carboxylic acids is 1. The predicted octanol–water partition coefficient (Wildman–Crippen LogP) is 2.20. The summed E-state index contributed by atoms with van der Waals surface area (Å²) in [5.74, 6) is -0.956. The second kappa shape index (κ2) is 6.94. The van der Waals surface area contributed by atoms with Crippen LogP contribution in [0.15, 0.2) is 48.5 Å². The van der Waals surface area contributed by atoms with Crippen molar-refractivity contribution in [3.63, 3.8) is 0 Å². The van der Waals surface area contributed by atoms with Gasteiger partial charge in [0.25, 0.3) is 0 Å². The zero-order valence-electron chi connectivity index (χ0n) is 13.1. The molecule has 0 aliphatic carbocycles. The lowest BCUT2D eigenvalue weighted by Crippen LogP contribution is -2.32. The number of fused-ring (bicyclic) bond motifs is 1. The third kappa shape index (κ3) is 3.97. The molecule has 1 aliphatic heterocycles. The van der Waals surface area contributed by atoms with Crippen molar-refractivity contribution in [2.75, 3.05) is 6.54 Å². The summed E-state index contributed by atoms with van der Waals surface area (Å²) in [6.45, 7) is 2.90. The van der Waals surface area contributed by atoms with Gasteiger partial charge >= 0.3 is 5.97 Å². The van der Waals surface area contributed by atoms with Crippen molar-refractivity contribution in [1.29, 1.82) is 0 Å². The van der Waals surface area contributed by atoms with Crippen molar-refractivity contribution >= 4 is 5.97 Å². The number of hydrogen-bond donors (Lipinski definition) is 2. The van der Waals surface area contributed by atoms with Crippen LogP contribution in [-0.2, 0) is 30.7 Å². The number of hydrogen-bond acceptors (Lipinski definition) is 3. The smallest absolute Gasteiger partial charge is 0.320 e. The lowest BCUT2D eigenvalue weighted by molar-refractivity contribution is -0.138. The molecule has 0 bridgehead atoms. The molecule has 0 saturated carbocycles. The van der Waals surface area contributed by atoms with Gasteiger partial charge in [0, 0.05) is 19.6 Å². The second-order valence-corrected chi connectivity index (χ2v) is 6.20. The maximum Gasteiger partial charge on any atom is 0.320 e. The first-order valence-electron chi connectivity index (χ1n) is 7.97. The van der Waals surface area contributed by atoms with E-state index in [9.17, 15) is 4.79 Å². The Labute approximate surface area is 136 Å². The Morgan fingerprint density at radius 1 is 1.13 bits per heavy atom. The van der Waals surface area contributed by atoms with Gasteiger partial charge in [0.2, 0.25) is 0 Å². The van der Waals surface area contributed by atoms with Crippen LogP contribution in [0.3, 0.4) is 0 Å². The Hall–Kier alpha value is -2.17. The monoisotopic (exact) mass is 310 g/mol. The molecule has 0 aromatic heterocycles. The molecule has 4 nitrogen and oxygen atoms in total. The highest BCUT2D eigenvalue weighted by Crippen LogP contribution is 2.20.